The Bertz CT molecular complexity index is 634. The van der Waals surface area contributed by atoms with Gasteiger partial charge in [0.25, 0.3) is 0 Å². The average Bonchev–Trinajstić information content (AvgIpc) is 2.54. The van der Waals surface area contributed by atoms with Crippen molar-refractivity contribution >= 4 is 35.1 Å². The van der Waals surface area contributed by atoms with E-state index in [1.54, 1.807) is 18.2 Å². The summed E-state index contributed by atoms with van der Waals surface area (Å²) in [4.78, 5) is 29.3. The first-order chi connectivity index (χ1) is 11.8. The SMILES string of the molecule is COC(=O)CN(C(C)=O)c1cc(Cl)cc(OCCCON=C(N)N)c1. The number of hydrogen-bond acceptors (Lipinski definition) is 6. The number of guanidine groups is 1. The topological polar surface area (TPSA) is 129 Å². The van der Waals surface area contributed by atoms with Gasteiger partial charge in [-0.15, -0.1) is 0 Å². The molecule has 0 atom stereocenters. The third-order valence-electron chi connectivity index (χ3n) is 2.88. The quantitative estimate of drug-likeness (QED) is 0.216. The molecule has 1 aromatic rings. The first kappa shape index (κ1) is 20.4. The van der Waals surface area contributed by atoms with E-state index in [4.69, 9.17) is 32.6 Å². The maximum absolute atomic E-state index is 11.8. The van der Waals surface area contributed by atoms with Gasteiger partial charge in [0.05, 0.1) is 13.7 Å². The molecule has 0 spiro atoms. The first-order valence-electron chi connectivity index (χ1n) is 7.32. The zero-order valence-electron chi connectivity index (χ0n) is 14.0. The maximum Gasteiger partial charge on any atom is 0.325 e. The van der Waals surface area contributed by atoms with Crippen LogP contribution in [0.3, 0.4) is 0 Å². The van der Waals surface area contributed by atoms with Crippen molar-refractivity contribution < 1.29 is 23.9 Å². The Morgan fingerprint density at radius 1 is 1.24 bits per heavy atom. The third kappa shape index (κ3) is 7.62. The van der Waals surface area contributed by atoms with Gasteiger partial charge in [-0.2, -0.15) is 0 Å². The molecule has 0 radical (unpaired) electrons. The predicted molar refractivity (Wildman–Crippen MR) is 93.4 cm³/mol. The van der Waals surface area contributed by atoms with Crippen LogP contribution in [-0.2, 0) is 19.2 Å². The number of anilines is 1. The highest BCUT2D eigenvalue weighted by molar-refractivity contribution is 6.31. The summed E-state index contributed by atoms with van der Waals surface area (Å²) in [7, 11) is 1.25. The van der Waals surface area contributed by atoms with Gasteiger partial charge in [-0.1, -0.05) is 11.6 Å². The molecule has 0 saturated carbocycles. The number of benzene rings is 1. The lowest BCUT2D eigenvalue weighted by Gasteiger charge is -2.21. The smallest absolute Gasteiger partial charge is 0.325 e. The van der Waals surface area contributed by atoms with Crippen molar-refractivity contribution in [3.05, 3.63) is 23.2 Å². The van der Waals surface area contributed by atoms with Gasteiger partial charge in [-0.05, 0) is 17.3 Å². The van der Waals surface area contributed by atoms with Gasteiger partial charge >= 0.3 is 5.97 Å². The summed E-state index contributed by atoms with van der Waals surface area (Å²) in [5.74, 6) is -0.588. The van der Waals surface area contributed by atoms with Gasteiger partial charge in [0.15, 0.2) is 0 Å². The fourth-order valence-corrected chi connectivity index (χ4v) is 2.02. The lowest BCUT2D eigenvalue weighted by Crippen LogP contribution is -2.34. The zero-order valence-corrected chi connectivity index (χ0v) is 14.8. The van der Waals surface area contributed by atoms with Gasteiger partial charge in [0.2, 0.25) is 11.9 Å². The van der Waals surface area contributed by atoms with Crippen molar-refractivity contribution in [2.45, 2.75) is 13.3 Å². The van der Waals surface area contributed by atoms with E-state index in [0.717, 1.165) is 0 Å². The number of nitrogens with zero attached hydrogens (tertiary/aromatic N) is 2. The van der Waals surface area contributed by atoms with Crippen LogP contribution < -0.4 is 21.1 Å². The molecule has 0 aliphatic heterocycles. The molecule has 0 heterocycles. The molecule has 0 fully saturated rings. The highest BCUT2D eigenvalue weighted by atomic mass is 35.5. The number of nitrogens with two attached hydrogens (primary N) is 2. The first-order valence-corrected chi connectivity index (χ1v) is 7.70. The normalized spacial score (nSPS) is 9.88. The number of esters is 1. The van der Waals surface area contributed by atoms with Crippen LogP contribution in [0.2, 0.25) is 5.02 Å². The minimum Gasteiger partial charge on any atom is -0.493 e. The van der Waals surface area contributed by atoms with Crippen molar-refractivity contribution in [3.63, 3.8) is 0 Å². The number of rotatable bonds is 9. The summed E-state index contributed by atoms with van der Waals surface area (Å²) in [6, 6.07) is 4.76. The average molecular weight is 373 g/mol. The van der Waals surface area contributed by atoms with Gasteiger partial charge in [0.1, 0.15) is 18.9 Å². The van der Waals surface area contributed by atoms with Crippen LogP contribution in [0.25, 0.3) is 0 Å². The molecule has 138 valence electrons. The van der Waals surface area contributed by atoms with Crippen molar-refractivity contribution in [3.8, 4) is 5.75 Å². The molecule has 10 heteroatoms. The Labute approximate surface area is 150 Å². The monoisotopic (exact) mass is 372 g/mol. The van der Waals surface area contributed by atoms with Crippen LogP contribution in [0.15, 0.2) is 23.4 Å². The standard InChI is InChI=1S/C15H21ClN4O5/c1-10(21)20(9-14(22)23-2)12-6-11(16)7-13(8-12)24-4-3-5-25-19-15(17)18/h6-8H,3-5,9H2,1-2H3,(H4,17,18,19). The molecule has 25 heavy (non-hydrogen) atoms. The van der Waals surface area contributed by atoms with E-state index in [1.807, 2.05) is 0 Å². The molecule has 1 amide bonds. The van der Waals surface area contributed by atoms with E-state index >= 15 is 0 Å². The van der Waals surface area contributed by atoms with E-state index in [9.17, 15) is 9.59 Å². The van der Waals surface area contributed by atoms with Crippen LogP contribution in [0.1, 0.15) is 13.3 Å². The van der Waals surface area contributed by atoms with Crippen LogP contribution in [0.5, 0.6) is 5.75 Å². The highest BCUT2D eigenvalue weighted by Gasteiger charge is 2.17. The summed E-state index contributed by atoms with van der Waals surface area (Å²) in [6.07, 6.45) is 0.525. The Hall–Kier alpha value is -2.68. The molecule has 1 aromatic carbocycles. The summed E-state index contributed by atoms with van der Waals surface area (Å²) < 4.78 is 10.2. The van der Waals surface area contributed by atoms with Crippen molar-refractivity contribution in [1.29, 1.82) is 0 Å². The fourth-order valence-electron chi connectivity index (χ4n) is 1.80. The number of oxime groups is 1. The largest absolute Gasteiger partial charge is 0.493 e. The van der Waals surface area contributed by atoms with Crippen LogP contribution in [0.4, 0.5) is 5.69 Å². The number of amides is 1. The van der Waals surface area contributed by atoms with E-state index in [0.29, 0.717) is 29.5 Å². The molecule has 0 aliphatic carbocycles. The van der Waals surface area contributed by atoms with E-state index in [1.165, 1.54) is 18.9 Å². The lowest BCUT2D eigenvalue weighted by molar-refractivity contribution is -0.139. The number of hydrogen-bond donors (Lipinski definition) is 2. The third-order valence-corrected chi connectivity index (χ3v) is 3.10. The molecule has 0 aliphatic rings. The van der Waals surface area contributed by atoms with E-state index in [2.05, 4.69) is 9.89 Å². The summed E-state index contributed by atoms with van der Waals surface area (Å²) in [5, 5.41) is 3.74. The van der Waals surface area contributed by atoms with Crippen LogP contribution in [-0.4, -0.2) is 44.7 Å². The lowest BCUT2D eigenvalue weighted by atomic mass is 10.2. The summed E-state index contributed by atoms with van der Waals surface area (Å²) >= 11 is 6.06. The second-order valence-electron chi connectivity index (χ2n) is 4.88. The summed E-state index contributed by atoms with van der Waals surface area (Å²) in [6.45, 7) is 1.70. The molecule has 1 rings (SSSR count). The fraction of sp³-hybridized carbons (Fsp3) is 0.400. The second-order valence-corrected chi connectivity index (χ2v) is 5.31. The molecule has 4 N–H and O–H groups in total. The molecule has 0 aromatic heterocycles. The Morgan fingerprint density at radius 2 is 1.96 bits per heavy atom. The maximum atomic E-state index is 11.8. The number of carbonyl (C=O) groups is 2. The highest BCUT2D eigenvalue weighted by Crippen LogP contribution is 2.27. The Kier molecular flexibility index (Phi) is 8.34. The molecule has 0 bridgehead atoms. The molecular weight excluding hydrogens is 352 g/mol. The number of ether oxygens (including phenoxy) is 2. The minimum atomic E-state index is -0.547. The number of methoxy groups -OCH3 is 1. The van der Waals surface area contributed by atoms with Gasteiger partial charge in [-0.25, -0.2) is 0 Å². The predicted octanol–water partition coefficient (Wildman–Crippen LogP) is 0.840. The van der Waals surface area contributed by atoms with E-state index in [-0.39, 0.29) is 25.0 Å². The number of carbonyl (C=O) groups excluding carboxylic acids is 2. The van der Waals surface area contributed by atoms with Crippen molar-refractivity contribution in [1.82, 2.24) is 0 Å². The number of halogens is 1. The molecular formula is C15H21ClN4O5. The molecule has 9 nitrogen and oxygen atoms in total. The zero-order chi connectivity index (χ0) is 18.8. The van der Waals surface area contributed by atoms with E-state index < -0.39 is 5.97 Å². The second kappa shape index (κ2) is 10.2. The Balaban J connectivity index is 2.72. The van der Waals surface area contributed by atoms with Gasteiger partial charge < -0.3 is 30.7 Å². The van der Waals surface area contributed by atoms with Gasteiger partial charge in [-0.3, -0.25) is 9.59 Å². The van der Waals surface area contributed by atoms with Crippen molar-refractivity contribution in [2.24, 2.45) is 16.6 Å². The van der Waals surface area contributed by atoms with Crippen LogP contribution >= 0.6 is 11.6 Å². The van der Waals surface area contributed by atoms with Gasteiger partial charge in [0, 0.05) is 30.1 Å². The van der Waals surface area contributed by atoms with Crippen LogP contribution in [0, 0.1) is 0 Å². The molecule has 0 saturated heterocycles. The molecule has 0 unspecified atom stereocenters. The summed E-state index contributed by atoms with van der Waals surface area (Å²) in [5.41, 5.74) is 10.7. The Morgan fingerprint density at radius 3 is 2.56 bits per heavy atom. The van der Waals surface area contributed by atoms with Crippen molar-refractivity contribution in [2.75, 3.05) is 31.8 Å². The minimum absolute atomic E-state index is 0.157.